The summed E-state index contributed by atoms with van der Waals surface area (Å²) in [7, 11) is 0. The van der Waals surface area contributed by atoms with Crippen LogP contribution in [0, 0.1) is 6.92 Å². The molecule has 1 unspecified atom stereocenters. The molecule has 0 fully saturated rings. The summed E-state index contributed by atoms with van der Waals surface area (Å²) in [5.74, 6) is 1.13. The summed E-state index contributed by atoms with van der Waals surface area (Å²) in [4.78, 5) is 16.9. The SMILES string of the molecule is Cc1oc(-c2ccccc2)nc1CC(=O)NC(C)c1ccccc1Br. The van der Waals surface area contributed by atoms with Crippen LogP contribution in [0.5, 0.6) is 0 Å². The molecule has 0 saturated carbocycles. The topological polar surface area (TPSA) is 55.1 Å². The maximum atomic E-state index is 12.4. The number of hydrogen-bond acceptors (Lipinski definition) is 3. The van der Waals surface area contributed by atoms with E-state index in [9.17, 15) is 4.79 Å². The molecule has 25 heavy (non-hydrogen) atoms. The van der Waals surface area contributed by atoms with Crippen molar-refractivity contribution in [2.75, 3.05) is 0 Å². The molecule has 0 spiro atoms. The smallest absolute Gasteiger partial charge is 0.226 e. The number of oxazole rings is 1. The molecule has 5 heteroatoms. The second kappa shape index (κ2) is 7.66. The molecule has 3 aromatic rings. The molecule has 0 aliphatic rings. The first-order chi connectivity index (χ1) is 12.0. The summed E-state index contributed by atoms with van der Waals surface area (Å²) in [5.41, 5.74) is 2.60. The Morgan fingerprint density at radius 1 is 1.16 bits per heavy atom. The number of hydrogen-bond donors (Lipinski definition) is 1. The van der Waals surface area contributed by atoms with Gasteiger partial charge >= 0.3 is 0 Å². The first-order valence-corrected chi connectivity index (χ1v) is 8.89. The predicted molar refractivity (Wildman–Crippen MR) is 101 cm³/mol. The first kappa shape index (κ1) is 17.4. The lowest BCUT2D eigenvalue weighted by Crippen LogP contribution is -2.28. The Morgan fingerprint density at radius 3 is 2.56 bits per heavy atom. The van der Waals surface area contributed by atoms with Crippen molar-refractivity contribution < 1.29 is 9.21 Å². The van der Waals surface area contributed by atoms with Crippen molar-refractivity contribution in [3.05, 3.63) is 76.1 Å². The number of carbonyl (C=O) groups is 1. The van der Waals surface area contributed by atoms with Crippen LogP contribution in [0.1, 0.15) is 30.0 Å². The second-order valence-corrected chi connectivity index (χ2v) is 6.73. The fourth-order valence-corrected chi connectivity index (χ4v) is 3.27. The standard InChI is InChI=1S/C20H19BrN2O2/c1-13(16-10-6-7-11-17(16)21)22-19(24)12-18-14(2)25-20(23-18)15-8-4-3-5-9-15/h3-11,13H,12H2,1-2H3,(H,22,24). The van der Waals surface area contributed by atoms with E-state index in [1.54, 1.807) is 0 Å². The third-order valence-corrected chi connectivity index (χ3v) is 4.71. The number of aryl methyl sites for hydroxylation is 1. The van der Waals surface area contributed by atoms with Gasteiger partial charge in [0.1, 0.15) is 5.76 Å². The second-order valence-electron chi connectivity index (χ2n) is 5.88. The number of benzene rings is 2. The van der Waals surface area contributed by atoms with Crippen LogP contribution >= 0.6 is 15.9 Å². The van der Waals surface area contributed by atoms with E-state index in [1.165, 1.54) is 0 Å². The number of carbonyl (C=O) groups excluding carboxylic acids is 1. The molecule has 1 heterocycles. The zero-order chi connectivity index (χ0) is 17.8. The molecule has 1 N–H and O–H groups in total. The van der Waals surface area contributed by atoms with Crippen LogP contribution in [0.25, 0.3) is 11.5 Å². The Balaban J connectivity index is 1.69. The molecule has 1 atom stereocenters. The maximum Gasteiger partial charge on any atom is 0.226 e. The van der Waals surface area contributed by atoms with Crippen LogP contribution in [-0.4, -0.2) is 10.9 Å². The summed E-state index contributed by atoms with van der Waals surface area (Å²) in [6, 6.07) is 17.4. The molecular weight excluding hydrogens is 380 g/mol. The summed E-state index contributed by atoms with van der Waals surface area (Å²) in [5, 5.41) is 3.01. The van der Waals surface area contributed by atoms with Crippen molar-refractivity contribution in [3.63, 3.8) is 0 Å². The van der Waals surface area contributed by atoms with Gasteiger partial charge in [-0.1, -0.05) is 52.3 Å². The van der Waals surface area contributed by atoms with E-state index in [4.69, 9.17) is 4.42 Å². The Labute approximate surface area is 155 Å². The molecule has 0 radical (unpaired) electrons. The molecule has 1 amide bonds. The highest BCUT2D eigenvalue weighted by Crippen LogP contribution is 2.24. The van der Waals surface area contributed by atoms with E-state index in [2.05, 4.69) is 26.2 Å². The van der Waals surface area contributed by atoms with Crippen LogP contribution in [0.4, 0.5) is 0 Å². The van der Waals surface area contributed by atoms with Crippen molar-refractivity contribution in [3.8, 4) is 11.5 Å². The van der Waals surface area contributed by atoms with Crippen molar-refractivity contribution in [2.24, 2.45) is 0 Å². The van der Waals surface area contributed by atoms with Gasteiger partial charge in [-0.25, -0.2) is 4.98 Å². The first-order valence-electron chi connectivity index (χ1n) is 8.10. The molecule has 0 bridgehead atoms. The van der Waals surface area contributed by atoms with Gasteiger partial charge in [-0.15, -0.1) is 0 Å². The third kappa shape index (κ3) is 4.17. The van der Waals surface area contributed by atoms with Gasteiger partial charge in [0.15, 0.2) is 0 Å². The number of halogens is 1. The fraction of sp³-hybridized carbons (Fsp3) is 0.200. The van der Waals surface area contributed by atoms with Gasteiger partial charge in [-0.2, -0.15) is 0 Å². The minimum absolute atomic E-state index is 0.0840. The van der Waals surface area contributed by atoms with Gasteiger partial charge in [0.2, 0.25) is 11.8 Å². The Hall–Kier alpha value is -2.40. The average Bonchev–Trinajstić information content (AvgIpc) is 2.96. The van der Waals surface area contributed by atoms with Crippen molar-refractivity contribution in [1.29, 1.82) is 0 Å². The van der Waals surface area contributed by atoms with Gasteiger partial charge < -0.3 is 9.73 Å². The largest absolute Gasteiger partial charge is 0.441 e. The molecule has 1 aromatic heterocycles. The van der Waals surface area contributed by atoms with Gasteiger partial charge in [0.25, 0.3) is 0 Å². The van der Waals surface area contributed by atoms with Crippen LogP contribution < -0.4 is 5.32 Å². The summed E-state index contributed by atoms with van der Waals surface area (Å²) < 4.78 is 6.69. The van der Waals surface area contributed by atoms with Crippen LogP contribution in [-0.2, 0) is 11.2 Å². The lowest BCUT2D eigenvalue weighted by molar-refractivity contribution is -0.121. The molecule has 0 aliphatic heterocycles. The van der Waals surface area contributed by atoms with E-state index in [-0.39, 0.29) is 18.4 Å². The van der Waals surface area contributed by atoms with Gasteiger partial charge in [0, 0.05) is 10.0 Å². The third-order valence-electron chi connectivity index (χ3n) is 3.99. The van der Waals surface area contributed by atoms with Crippen molar-refractivity contribution in [1.82, 2.24) is 10.3 Å². The zero-order valence-corrected chi connectivity index (χ0v) is 15.7. The zero-order valence-electron chi connectivity index (χ0n) is 14.1. The van der Waals surface area contributed by atoms with Crippen molar-refractivity contribution in [2.45, 2.75) is 26.3 Å². The molecule has 3 rings (SSSR count). The highest BCUT2D eigenvalue weighted by molar-refractivity contribution is 9.10. The van der Waals surface area contributed by atoms with E-state index in [0.717, 1.165) is 15.6 Å². The number of amides is 1. The van der Waals surface area contributed by atoms with Crippen molar-refractivity contribution >= 4 is 21.8 Å². The predicted octanol–water partition coefficient (Wildman–Crippen LogP) is 4.83. The number of nitrogens with one attached hydrogen (secondary N) is 1. The number of aromatic nitrogens is 1. The molecule has 4 nitrogen and oxygen atoms in total. The molecule has 0 saturated heterocycles. The normalized spacial score (nSPS) is 12.0. The molecule has 0 aliphatic carbocycles. The summed E-state index contributed by atoms with van der Waals surface area (Å²) in [6.45, 7) is 3.79. The minimum Gasteiger partial charge on any atom is -0.441 e. The lowest BCUT2D eigenvalue weighted by Gasteiger charge is -2.15. The Kier molecular flexibility index (Phi) is 5.34. The average molecular weight is 399 g/mol. The summed E-state index contributed by atoms with van der Waals surface area (Å²) in [6.07, 6.45) is 0.191. The van der Waals surface area contributed by atoms with Crippen LogP contribution in [0.15, 0.2) is 63.5 Å². The monoisotopic (exact) mass is 398 g/mol. The van der Waals surface area contributed by atoms with E-state index in [1.807, 2.05) is 68.4 Å². The highest BCUT2D eigenvalue weighted by Gasteiger charge is 2.17. The molecule has 2 aromatic carbocycles. The Morgan fingerprint density at radius 2 is 1.84 bits per heavy atom. The number of rotatable bonds is 5. The van der Waals surface area contributed by atoms with Gasteiger partial charge in [-0.3, -0.25) is 4.79 Å². The quantitative estimate of drug-likeness (QED) is 0.669. The fourth-order valence-electron chi connectivity index (χ4n) is 2.64. The molecular formula is C20H19BrN2O2. The number of nitrogens with zero attached hydrogens (tertiary/aromatic N) is 1. The molecule has 128 valence electrons. The maximum absolute atomic E-state index is 12.4. The van der Waals surface area contributed by atoms with Crippen LogP contribution in [0.2, 0.25) is 0 Å². The van der Waals surface area contributed by atoms with E-state index < -0.39 is 0 Å². The lowest BCUT2D eigenvalue weighted by atomic mass is 10.1. The minimum atomic E-state index is -0.0936. The van der Waals surface area contributed by atoms with Gasteiger partial charge in [-0.05, 0) is 37.6 Å². The van der Waals surface area contributed by atoms with E-state index in [0.29, 0.717) is 17.3 Å². The van der Waals surface area contributed by atoms with Gasteiger partial charge in [0.05, 0.1) is 18.2 Å². The highest BCUT2D eigenvalue weighted by atomic mass is 79.9. The van der Waals surface area contributed by atoms with E-state index >= 15 is 0 Å². The van der Waals surface area contributed by atoms with Crippen LogP contribution in [0.3, 0.4) is 0 Å². The Bertz CT molecular complexity index is 874. The summed E-state index contributed by atoms with van der Waals surface area (Å²) >= 11 is 3.52.